The molecule has 0 aliphatic rings. The van der Waals surface area contributed by atoms with Crippen molar-refractivity contribution in [3.8, 4) is 0 Å². The van der Waals surface area contributed by atoms with Crippen LogP contribution in [0.3, 0.4) is 0 Å². The summed E-state index contributed by atoms with van der Waals surface area (Å²) in [6.45, 7) is 7.67. The van der Waals surface area contributed by atoms with E-state index in [2.05, 4.69) is 39.0 Å². The van der Waals surface area contributed by atoms with Crippen LogP contribution in [-0.2, 0) is 0 Å². The first-order valence-corrected chi connectivity index (χ1v) is 9.37. The van der Waals surface area contributed by atoms with Gasteiger partial charge < -0.3 is 5.73 Å². The molecule has 2 unspecified atom stereocenters. The zero-order valence-corrected chi connectivity index (χ0v) is 14.7. The van der Waals surface area contributed by atoms with Gasteiger partial charge in [0.1, 0.15) is 0 Å². The lowest BCUT2D eigenvalue weighted by molar-refractivity contribution is 0.0894. The molecular weight excluding hydrogens is 252 g/mol. The predicted octanol–water partition coefficient (Wildman–Crippen LogP) is 4.14. The third kappa shape index (κ3) is 7.01. The molecule has 0 radical (unpaired) electrons. The van der Waals surface area contributed by atoms with Crippen LogP contribution in [0.5, 0.6) is 0 Å². The lowest BCUT2D eigenvalue weighted by atomic mass is 9.90. The number of unbranched alkanes of at least 4 members (excludes halogenated alkanes) is 4. The minimum Gasteiger partial charge on any atom is -0.329 e. The Hall–Kier alpha value is 0.270. The Balaban J connectivity index is 4.30. The molecule has 0 aromatic heterocycles. The van der Waals surface area contributed by atoms with Gasteiger partial charge in [0.15, 0.2) is 0 Å². The first kappa shape index (κ1) is 19.3. The standard InChI is InChI=1S/C16H36N2S/c1-6-8-9-10-11-12-16(3,14-17)18(4)15(7-2)13-19-5/h15H,6-14,17H2,1-5H3. The number of nitrogens with zero attached hydrogens (tertiary/aromatic N) is 1. The van der Waals surface area contributed by atoms with Crippen LogP contribution in [0.4, 0.5) is 0 Å². The van der Waals surface area contributed by atoms with Crippen molar-refractivity contribution >= 4 is 11.8 Å². The predicted molar refractivity (Wildman–Crippen MR) is 91.1 cm³/mol. The molecule has 0 aliphatic carbocycles. The summed E-state index contributed by atoms with van der Waals surface area (Å²) in [4.78, 5) is 2.54. The molecule has 0 spiro atoms. The van der Waals surface area contributed by atoms with Gasteiger partial charge in [-0.3, -0.25) is 4.90 Å². The first-order chi connectivity index (χ1) is 9.05. The summed E-state index contributed by atoms with van der Waals surface area (Å²) >= 11 is 1.94. The van der Waals surface area contributed by atoms with Crippen LogP contribution >= 0.6 is 11.8 Å². The first-order valence-electron chi connectivity index (χ1n) is 7.97. The summed E-state index contributed by atoms with van der Waals surface area (Å²) in [7, 11) is 2.27. The third-order valence-corrected chi connectivity index (χ3v) is 5.21. The lowest BCUT2D eigenvalue weighted by Crippen LogP contribution is -2.54. The average Bonchev–Trinajstić information content (AvgIpc) is 2.43. The Morgan fingerprint density at radius 3 is 2.26 bits per heavy atom. The van der Waals surface area contributed by atoms with E-state index < -0.39 is 0 Å². The summed E-state index contributed by atoms with van der Waals surface area (Å²) in [6, 6.07) is 0.652. The van der Waals surface area contributed by atoms with Crippen LogP contribution < -0.4 is 5.73 Å². The van der Waals surface area contributed by atoms with Gasteiger partial charge in [-0.1, -0.05) is 46.0 Å². The van der Waals surface area contributed by atoms with Crippen molar-refractivity contribution in [2.75, 3.05) is 25.6 Å². The van der Waals surface area contributed by atoms with Gasteiger partial charge in [-0.05, 0) is 33.1 Å². The molecule has 19 heavy (non-hydrogen) atoms. The zero-order chi connectivity index (χ0) is 14.7. The Labute approximate surface area is 125 Å². The Bertz CT molecular complexity index is 211. The van der Waals surface area contributed by atoms with E-state index in [1.807, 2.05) is 11.8 Å². The molecule has 2 N–H and O–H groups in total. The van der Waals surface area contributed by atoms with Gasteiger partial charge in [0.05, 0.1) is 0 Å². The van der Waals surface area contributed by atoms with Crippen LogP contribution in [0, 0.1) is 0 Å². The number of rotatable bonds is 12. The van der Waals surface area contributed by atoms with Crippen molar-refractivity contribution < 1.29 is 0 Å². The van der Waals surface area contributed by atoms with E-state index in [1.165, 1.54) is 50.7 Å². The van der Waals surface area contributed by atoms with Crippen molar-refractivity contribution in [1.29, 1.82) is 0 Å². The molecule has 0 aromatic rings. The van der Waals surface area contributed by atoms with Gasteiger partial charge in [0.25, 0.3) is 0 Å². The largest absolute Gasteiger partial charge is 0.329 e. The van der Waals surface area contributed by atoms with E-state index in [-0.39, 0.29) is 5.54 Å². The van der Waals surface area contributed by atoms with Gasteiger partial charge in [-0.15, -0.1) is 0 Å². The van der Waals surface area contributed by atoms with Crippen molar-refractivity contribution in [3.63, 3.8) is 0 Å². The van der Waals surface area contributed by atoms with E-state index in [0.717, 1.165) is 6.54 Å². The minimum atomic E-state index is 0.169. The molecule has 3 heteroatoms. The summed E-state index contributed by atoms with van der Waals surface area (Å²) < 4.78 is 0. The molecule has 0 saturated carbocycles. The van der Waals surface area contributed by atoms with E-state index >= 15 is 0 Å². The number of hydrogen-bond acceptors (Lipinski definition) is 3. The zero-order valence-electron chi connectivity index (χ0n) is 13.9. The number of thioether (sulfide) groups is 1. The highest BCUT2D eigenvalue weighted by Crippen LogP contribution is 2.25. The van der Waals surface area contributed by atoms with Gasteiger partial charge in [-0.2, -0.15) is 11.8 Å². The van der Waals surface area contributed by atoms with Crippen molar-refractivity contribution in [3.05, 3.63) is 0 Å². The Morgan fingerprint density at radius 1 is 1.16 bits per heavy atom. The molecule has 0 heterocycles. The fourth-order valence-corrected chi connectivity index (χ4v) is 3.51. The normalized spacial score (nSPS) is 16.6. The van der Waals surface area contributed by atoms with E-state index in [4.69, 9.17) is 5.73 Å². The SMILES string of the molecule is CCCCCCCC(C)(CN)N(C)C(CC)CSC. The minimum absolute atomic E-state index is 0.169. The van der Waals surface area contributed by atoms with E-state index in [9.17, 15) is 0 Å². The van der Waals surface area contributed by atoms with Gasteiger partial charge >= 0.3 is 0 Å². The fourth-order valence-electron chi connectivity index (χ4n) is 2.67. The second kappa shape index (κ2) is 11.0. The molecular formula is C16H36N2S. The second-order valence-corrected chi connectivity index (χ2v) is 6.90. The molecule has 116 valence electrons. The second-order valence-electron chi connectivity index (χ2n) is 5.99. The lowest BCUT2D eigenvalue weighted by Gasteiger charge is -2.43. The molecule has 0 bridgehead atoms. The number of nitrogens with two attached hydrogens (primary N) is 1. The molecule has 0 aliphatic heterocycles. The summed E-state index contributed by atoms with van der Waals surface area (Å²) in [5.74, 6) is 1.21. The average molecular weight is 289 g/mol. The molecule has 0 rings (SSSR count). The highest BCUT2D eigenvalue weighted by molar-refractivity contribution is 7.98. The molecule has 2 atom stereocenters. The Morgan fingerprint density at radius 2 is 1.79 bits per heavy atom. The van der Waals surface area contributed by atoms with Gasteiger partial charge in [-0.25, -0.2) is 0 Å². The number of likely N-dealkylation sites (N-methyl/N-ethyl adjacent to an activating group) is 1. The third-order valence-electron chi connectivity index (χ3n) is 4.49. The molecule has 2 nitrogen and oxygen atoms in total. The van der Waals surface area contributed by atoms with Crippen LogP contribution in [0.25, 0.3) is 0 Å². The smallest absolute Gasteiger partial charge is 0.0303 e. The van der Waals surface area contributed by atoms with E-state index in [0.29, 0.717) is 6.04 Å². The van der Waals surface area contributed by atoms with E-state index in [1.54, 1.807) is 0 Å². The quantitative estimate of drug-likeness (QED) is 0.547. The Kier molecular flexibility index (Phi) is 11.1. The van der Waals surface area contributed by atoms with Crippen LogP contribution in [0.2, 0.25) is 0 Å². The maximum atomic E-state index is 6.09. The summed E-state index contributed by atoms with van der Waals surface area (Å²) in [5, 5.41) is 0. The molecule has 0 amide bonds. The van der Waals surface area contributed by atoms with Gasteiger partial charge in [0, 0.05) is 23.9 Å². The summed E-state index contributed by atoms with van der Waals surface area (Å²) in [5.41, 5.74) is 6.26. The van der Waals surface area contributed by atoms with Crippen molar-refractivity contribution in [1.82, 2.24) is 4.90 Å². The van der Waals surface area contributed by atoms with Crippen LogP contribution in [-0.4, -0.2) is 42.1 Å². The van der Waals surface area contributed by atoms with Crippen LogP contribution in [0.1, 0.15) is 65.7 Å². The monoisotopic (exact) mass is 288 g/mol. The maximum Gasteiger partial charge on any atom is 0.0303 e. The van der Waals surface area contributed by atoms with Crippen LogP contribution in [0.15, 0.2) is 0 Å². The maximum absolute atomic E-state index is 6.09. The molecule has 0 fully saturated rings. The van der Waals surface area contributed by atoms with Crippen molar-refractivity contribution in [2.45, 2.75) is 77.3 Å². The molecule has 0 aromatic carbocycles. The topological polar surface area (TPSA) is 29.3 Å². The molecule has 0 saturated heterocycles. The highest BCUT2D eigenvalue weighted by Gasteiger charge is 2.31. The number of hydrogen-bond donors (Lipinski definition) is 1. The summed E-state index contributed by atoms with van der Waals surface area (Å²) in [6.07, 6.45) is 11.4. The fraction of sp³-hybridized carbons (Fsp3) is 1.00. The van der Waals surface area contributed by atoms with Gasteiger partial charge in [0.2, 0.25) is 0 Å². The van der Waals surface area contributed by atoms with Crippen molar-refractivity contribution in [2.24, 2.45) is 5.73 Å². The highest BCUT2D eigenvalue weighted by atomic mass is 32.2.